The second kappa shape index (κ2) is 9.49. The Morgan fingerprint density at radius 1 is 0.919 bits per heavy atom. The molecule has 37 heavy (non-hydrogen) atoms. The number of allylic oxidation sites excluding steroid dienone is 4. The molecule has 1 aromatic carbocycles. The molecule has 0 radical (unpaired) electrons. The van der Waals surface area contributed by atoms with Crippen LogP contribution in [0.2, 0.25) is 0 Å². The molecule has 1 saturated heterocycles. The number of likely N-dealkylation sites (N-methyl/N-ethyl adjacent to an activating group) is 1. The molecule has 1 aliphatic heterocycles. The summed E-state index contributed by atoms with van der Waals surface area (Å²) in [5, 5.41) is 4.47. The van der Waals surface area contributed by atoms with Gasteiger partial charge in [0.25, 0.3) is 5.56 Å². The van der Waals surface area contributed by atoms with Crippen molar-refractivity contribution in [2.75, 3.05) is 43.4 Å². The van der Waals surface area contributed by atoms with E-state index in [9.17, 15) is 4.79 Å². The minimum Gasteiger partial charge on any atom is -0.369 e. The number of anilines is 3. The molecule has 2 aliphatic carbocycles. The van der Waals surface area contributed by atoms with Crippen molar-refractivity contribution in [2.24, 2.45) is 17.3 Å². The van der Waals surface area contributed by atoms with Gasteiger partial charge < -0.3 is 15.1 Å². The van der Waals surface area contributed by atoms with Gasteiger partial charge in [0, 0.05) is 61.0 Å². The van der Waals surface area contributed by atoms with Gasteiger partial charge >= 0.3 is 0 Å². The van der Waals surface area contributed by atoms with Crippen LogP contribution in [0, 0.1) is 17.3 Å². The highest BCUT2D eigenvalue weighted by Gasteiger charge is 2.43. The molecule has 3 unspecified atom stereocenters. The van der Waals surface area contributed by atoms with Gasteiger partial charge in [-0.15, -0.1) is 0 Å². The molecule has 3 atom stereocenters. The van der Waals surface area contributed by atoms with Gasteiger partial charge in [0.15, 0.2) is 0 Å². The van der Waals surface area contributed by atoms with Gasteiger partial charge in [0.05, 0.1) is 0 Å². The number of hydrogen-bond donors (Lipinski definition) is 1. The van der Waals surface area contributed by atoms with Gasteiger partial charge in [0.2, 0.25) is 0 Å². The normalized spacial score (nSPS) is 25.3. The van der Waals surface area contributed by atoms with Crippen molar-refractivity contribution < 1.29 is 0 Å². The zero-order chi connectivity index (χ0) is 25.6. The van der Waals surface area contributed by atoms with Crippen LogP contribution in [0.25, 0.3) is 11.0 Å². The van der Waals surface area contributed by atoms with Crippen molar-refractivity contribution >= 4 is 28.2 Å². The van der Waals surface area contributed by atoms with E-state index >= 15 is 0 Å². The number of benzene rings is 1. The zero-order valence-electron chi connectivity index (χ0n) is 22.1. The molecule has 1 N–H and O–H groups in total. The Kier molecular flexibility index (Phi) is 6.15. The Balaban J connectivity index is 1.29. The lowest BCUT2D eigenvalue weighted by Gasteiger charge is -2.47. The molecule has 2 fully saturated rings. The maximum atomic E-state index is 13.3. The molecular weight excluding hydrogens is 458 g/mol. The fraction of sp³-hybridized carbons (Fsp3) is 0.419. The summed E-state index contributed by atoms with van der Waals surface area (Å²) in [4.78, 5) is 23.1. The van der Waals surface area contributed by atoms with Gasteiger partial charge in [-0.3, -0.25) is 9.36 Å². The quantitative estimate of drug-likeness (QED) is 0.510. The number of nitrogens with zero attached hydrogens (tertiary/aromatic N) is 4. The molecule has 192 valence electrons. The van der Waals surface area contributed by atoms with E-state index in [1.165, 1.54) is 5.69 Å². The Labute approximate surface area is 219 Å². The maximum Gasteiger partial charge on any atom is 0.252 e. The summed E-state index contributed by atoms with van der Waals surface area (Å²) in [5.74, 6) is 1.46. The van der Waals surface area contributed by atoms with Gasteiger partial charge in [-0.05, 0) is 73.7 Å². The second-order valence-electron chi connectivity index (χ2n) is 11.6. The predicted molar refractivity (Wildman–Crippen MR) is 153 cm³/mol. The fourth-order valence-electron chi connectivity index (χ4n) is 6.44. The summed E-state index contributed by atoms with van der Waals surface area (Å²) in [6, 6.07) is 16.4. The molecule has 6 heteroatoms. The van der Waals surface area contributed by atoms with E-state index in [2.05, 4.69) is 90.6 Å². The van der Waals surface area contributed by atoms with E-state index in [0.29, 0.717) is 5.92 Å². The monoisotopic (exact) mass is 495 g/mol. The largest absolute Gasteiger partial charge is 0.369 e. The highest BCUT2D eigenvalue weighted by atomic mass is 16.1. The topological polar surface area (TPSA) is 53.4 Å². The second-order valence-corrected chi connectivity index (χ2v) is 11.6. The summed E-state index contributed by atoms with van der Waals surface area (Å²) < 4.78 is 1.97. The zero-order valence-corrected chi connectivity index (χ0v) is 22.1. The first-order chi connectivity index (χ1) is 17.9. The lowest BCUT2D eigenvalue weighted by Crippen LogP contribution is -2.44. The molecular formula is C31H37N5O. The van der Waals surface area contributed by atoms with Crippen LogP contribution < -0.4 is 15.8 Å². The van der Waals surface area contributed by atoms with E-state index < -0.39 is 0 Å². The molecule has 6 nitrogen and oxygen atoms in total. The molecule has 3 aliphatic rings. The lowest BCUT2D eigenvalue weighted by molar-refractivity contribution is 0.0899. The lowest BCUT2D eigenvalue weighted by atomic mass is 9.60. The first-order valence-electron chi connectivity index (χ1n) is 13.6. The van der Waals surface area contributed by atoms with E-state index in [0.717, 1.165) is 61.6 Å². The van der Waals surface area contributed by atoms with Crippen LogP contribution in [0.3, 0.4) is 0 Å². The van der Waals surface area contributed by atoms with Gasteiger partial charge in [-0.25, -0.2) is 4.98 Å². The Hall–Kier alpha value is -3.38. The van der Waals surface area contributed by atoms with Crippen LogP contribution in [0.15, 0.2) is 77.6 Å². The minimum atomic E-state index is 0.0279. The number of rotatable bonds is 4. The fourth-order valence-corrected chi connectivity index (χ4v) is 6.44. The summed E-state index contributed by atoms with van der Waals surface area (Å²) >= 11 is 0. The number of piperazine rings is 1. The first kappa shape index (κ1) is 24.0. The third-order valence-corrected chi connectivity index (χ3v) is 8.72. The molecule has 3 heterocycles. The van der Waals surface area contributed by atoms with Crippen molar-refractivity contribution in [3.8, 4) is 0 Å². The Morgan fingerprint density at radius 2 is 1.65 bits per heavy atom. The third-order valence-electron chi connectivity index (χ3n) is 8.72. The van der Waals surface area contributed by atoms with Crippen LogP contribution in [0.1, 0.15) is 32.7 Å². The Morgan fingerprint density at radius 3 is 2.43 bits per heavy atom. The van der Waals surface area contributed by atoms with Gasteiger partial charge in [-0.2, -0.15) is 0 Å². The predicted octanol–water partition coefficient (Wildman–Crippen LogP) is 5.61. The van der Waals surface area contributed by atoms with Crippen LogP contribution in [-0.4, -0.2) is 47.7 Å². The summed E-state index contributed by atoms with van der Waals surface area (Å²) in [7, 11) is 2.18. The molecule has 2 aromatic heterocycles. The average molecular weight is 496 g/mol. The average Bonchev–Trinajstić information content (AvgIpc) is 2.90. The minimum absolute atomic E-state index is 0.0279. The summed E-state index contributed by atoms with van der Waals surface area (Å²) in [5.41, 5.74) is 3.25. The van der Waals surface area contributed by atoms with E-state index in [-0.39, 0.29) is 22.9 Å². The number of hydrogen-bond acceptors (Lipinski definition) is 5. The summed E-state index contributed by atoms with van der Waals surface area (Å²) in [6.45, 7) is 9.00. The van der Waals surface area contributed by atoms with E-state index in [1.807, 2.05) is 16.7 Å². The molecule has 0 spiro atoms. The van der Waals surface area contributed by atoms with Crippen LogP contribution in [-0.2, 0) is 0 Å². The number of nitrogens with one attached hydrogen (secondary N) is 1. The maximum absolute atomic E-state index is 13.3. The SMILES string of the molecule is CN1CCN(c2ccc(Nc3ccc4ccc(=O)n(C5CCC(C)(C)C6C=CC=CC56)c4n3)cc2)CC1. The Bertz CT molecular complexity index is 1400. The molecule has 1 saturated carbocycles. The molecule has 3 aromatic rings. The standard InChI is InChI=1S/C31H37N5O/c1-31(2)17-16-27(25-6-4-5-7-26(25)31)36-29(37)15-9-22-8-14-28(33-30(22)36)32-23-10-12-24(13-11-23)35-20-18-34(3)19-21-35/h4-15,25-27H,16-21H2,1-3H3,(H,32,33). The smallest absolute Gasteiger partial charge is 0.252 e. The number of fused-ring (bicyclic) bond motifs is 2. The number of pyridine rings is 2. The van der Waals surface area contributed by atoms with Crippen LogP contribution in [0.4, 0.5) is 17.2 Å². The molecule has 0 bridgehead atoms. The van der Waals surface area contributed by atoms with Crippen molar-refractivity contribution in [1.29, 1.82) is 0 Å². The van der Waals surface area contributed by atoms with Gasteiger partial charge in [-0.1, -0.05) is 38.2 Å². The van der Waals surface area contributed by atoms with Gasteiger partial charge in [0.1, 0.15) is 11.5 Å². The van der Waals surface area contributed by atoms with Crippen molar-refractivity contribution in [3.05, 3.63) is 83.2 Å². The number of aromatic nitrogens is 2. The highest BCUT2D eigenvalue weighted by Crippen LogP contribution is 2.51. The third kappa shape index (κ3) is 4.59. The van der Waals surface area contributed by atoms with E-state index in [4.69, 9.17) is 4.98 Å². The first-order valence-corrected chi connectivity index (χ1v) is 13.6. The summed E-state index contributed by atoms with van der Waals surface area (Å²) in [6.07, 6.45) is 11.0. The van der Waals surface area contributed by atoms with Crippen molar-refractivity contribution in [2.45, 2.75) is 32.7 Å². The molecule has 6 rings (SSSR count). The van der Waals surface area contributed by atoms with Crippen LogP contribution >= 0.6 is 0 Å². The van der Waals surface area contributed by atoms with Crippen molar-refractivity contribution in [1.82, 2.24) is 14.5 Å². The highest BCUT2D eigenvalue weighted by molar-refractivity contribution is 5.78. The van der Waals surface area contributed by atoms with Crippen LogP contribution in [0.5, 0.6) is 0 Å². The van der Waals surface area contributed by atoms with E-state index in [1.54, 1.807) is 6.07 Å². The van der Waals surface area contributed by atoms with Crippen molar-refractivity contribution in [3.63, 3.8) is 0 Å². The molecule has 0 amide bonds.